The van der Waals surface area contributed by atoms with E-state index in [1.54, 1.807) is 0 Å². The van der Waals surface area contributed by atoms with Gasteiger partial charge in [-0.25, -0.2) is 9.36 Å². The molecule has 1 aromatic heterocycles. The van der Waals surface area contributed by atoms with E-state index in [9.17, 15) is 14.2 Å². The summed E-state index contributed by atoms with van der Waals surface area (Å²) in [7, 11) is -2.30. The van der Waals surface area contributed by atoms with E-state index in [2.05, 4.69) is 4.98 Å². The zero-order valence-electron chi connectivity index (χ0n) is 13.6. The summed E-state index contributed by atoms with van der Waals surface area (Å²) >= 11 is 0. The van der Waals surface area contributed by atoms with E-state index >= 15 is 0 Å². The first-order valence-electron chi connectivity index (χ1n) is 7.94. The molecule has 0 aromatic carbocycles. The Hall–Kier alpha value is -1.25. The van der Waals surface area contributed by atoms with Gasteiger partial charge in [0.1, 0.15) is 18.4 Å². The fraction of sp³-hybridized carbons (Fsp3) is 0.714. The number of nitrogens with one attached hydrogen (secondary N) is 1. The number of hydrogen-bond donors (Lipinski definition) is 1. The maximum Gasteiger partial charge on any atom is 0.474 e. The molecule has 2 saturated heterocycles. The molecule has 2 fully saturated rings. The highest BCUT2D eigenvalue weighted by molar-refractivity contribution is 7.48. The minimum absolute atomic E-state index is 0.0626. The summed E-state index contributed by atoms with van der Waals surface area (Å²) in [6.45, 7) is 2.09. The number of aromatic amines is 1. The van der Waals surface area contributed by atoms with Crippen molar-refractivity contribution in [1.29, 1.82) is 0 Å². The highest BCUT2D eigenvalue weighted by Crippen LogP contribution is 2.55. The van der Waals surface area contributed by atoms with Gasteiger partial charge in [-0.15, -0.1) is 0 Å². The molecule has 0 saturated carbocycles. The zero-order valence-corrected chi connectivity index (χ0v) is 14.5. The lowest BCUT2D eigenvalue weighted by molar-refractivity contribution is -0.0702. The summed E-state index contributed by atoms with van der Waals surface area (Å²) in [6, 6.07) is 0. The third-order valence-corrected chi connectivity index (χ3v) is 5.66. The molecule has 2 aliphatic heterocycles. The molecule has 9 nitrogen and oxygen atoms in total. The zero-order chi connectivity index (χ0) is 17.3. The Morgan fingerprint density at radius 1 is 1.42 bits per heavy atom. The second-order valence-corrected chi connectivity index (χ2v) is 7.59. The average molecular weight is 360 g/mol. The van der Waals surface area contributed by atoms with Crippen molar-refractivity contribution in [3.05, 3.63) is 32.6 Å². The molecule has 4 atom stereocenters. The maximum atomic E-state index is 12.1. The van der Waals surface area contributed by atoms with E-state index in [0.29, 0.717) is 18.4 Å². The van der Waals surface area contributed by atoms with Gasteiger partial charge in [0.15, 0.2) is 0 Å². The van der Waals surface area contributed by atoms with E-state index in [0.717, 1.165) is 12.8 Å². The van der Waals surface area contributed by atoms with Crippen molar-refractivity contribution < 1.29 is 22.9 Å². The van der Waals surface area contributed by atoms with Gasteiger partial charge in [0.05, 0.1) is 6.61 Å². The Kier molecular flexibility index (Phi) is 5.08. The molecule has 0 unspecified atom stereocenters. The number of H-pyrrole nitrogens is 1. The van der Waals surface area contributed by atoms with Gasteiger partial charge in [-0.05, 0) is 12.8 Å². The van der Waals surface area contributed by atoms with E-state index in [4.69, 9.17) is 18.3 Å². The minimum atomic E-state index is -3.55. The van der Waals surface area contributed by atoms with Crippen LogP contribution in [0.25, 0.3) is 0 Å². The number of rotatable bonds is 5. The van der Waals surface area contributed by atoms with Crippen LogP contribution in [0, 0.1) is 0 Å². The van der Waals surface area contributed by atoms with Crippen LogP contribution >= 0.6 is 7.82 Å². The second kappa shape index (κ2) is 6.93. The molecule has 10 heteroatoms. The molecule has 1 N–H and O–H groups in total. The van der Waals surface area contributed by atoms with Crippen LogP contribution in [0.3, 0.4) is 0 Å². The number of unbranched alkanes of at least 4 members (excludes halogenated alkanes) is 1. The van der Waals surface area contributed by atoms with Gasteiger partial charge in [-0.3, -0.25) is 27.9 Å². The van der Waals surface area contributed by atoms with Crippen molar-refractivity contribution in [3.8, 4) is 0 Å². The van der Waals surface area contributed by atoms with E-state index < -0.39 is 31.9 Å². The molecule has 3 heterocycles. The largest absolute Gasteiger partial charge is 0.474 e. The number of phosphoric ester groups is 1. The predicted octanol–water partition coefficient (Wildman–Crippen LogP) is 1.34. The Labute approximate surface area is 138 Å². The summed E-state index contributed by atoms with van der Waals surface area (Å²) in [5, 5.41) is 0. The number of aryl methyl sites for hydroxylation is 1. The lowest BCUT2D eigenvalue weighted by atomic mass is 10.1. The van der Waals surface area contributed by atoms with Gasteiger partial charge in [-0.2, -0.15) is 0 Å². The molecule has 2 aliphatic rings. The van der Waals surface area contributed by atoms with E-state index in [1.165, 1.54) is 17.9 Å². The summed E-state index contributed by atoms with van der Waals surface area (Å²) < 4.78 is 34.4. The molecule has 24 heavy (non-hydrogen) atoms. The molecule has 0 spiro atoms. The summed E-state index contributed by atoms with van der Waals surface area (Å²) in [4.78, 5) is 26.3. The van der Waals surface area contributed by atoms with Crippen LogP contribution in [0.4, 0.5) is 0 Å². The summed E-state index contributed by atoms with van der Waals surface area (Å²) in [5.74, 6) is 0. The second-order valence-electron chi connectivity index (χ2n) is 5.86. The monoisotopic (exact) mass is 360 g/mol. The highest BCUT2D eigenvalue weighted by Gasteiger charge is 2.47. The van der Waals surface area contributed by atoms with Crippen molar-refractivity contribution in [3.63, 3.8) is 0 Å². The number of aromatic nitrogens is 2. The van der Waals surface area contributed by atoms with Crippen molar-refractivity contribution in [2.24, 2.45) is 0 Å². The van der Waals surface area contributed by atoms with Crippen LogP contribution < -0.4 is 11.2 Å². The molecule has 3 rings (SSSR count). The van der Waals surface area contributed by atoms with Crippen molar-refractivity contribution in [2.45, 2.75) is 51.0 Å². The van der Waals surface area contributed by atoms with Crippen molar-refractivity contribution in [2.75, 3.05) is 13.7 Å². The summed E-state index contributed by atoms with van der Waals surface area (Å²) in [6.07, 6.45) is 2.70. The fourth-order valence-electron chi connectivity index (χ4n) is 2.88. The SMILES string of the molecule is CCCCc1cn([C@H]2C[C@@H]3O[P@](=O)(OC)OC[C@H]3O2)c(=O)[nH]c1=O. The van der Waals surface area contributed by atoms with Gasteiger partial charge >= 0.3 is 13.5 Å². The number of phosphoric acid groups is 1. The molecule has 1 aromatic rings. The van der Waals surface area contributed by atoms with E-state index in [1.807, 2.05) is 6.92 Å². The van der Waals surface area contributed by atoms with Crippen LogP contribution in [-0.2, 0) is 29.3 Å². The normalized spacial score (nSPS) is 32.7. The fourth-order valence-corrected chi connectivity index (χ4v) is 4.01. The maximum absolute atomic E-state index is 12.1. The Bertz CT molecular complexity index is 758. The lowest BCUT2D eigenvalue weighted by Gasteiger charge is -2.28. The summed E-state index contributed by atoms with van der Waals surface area (Å²) in [5.41, 5.74) is -0.377. The number of nitrogens with zero attached hydrogens (tertiary/aromatic N) is 1. The van der Waals surface area contributed by atoms with Crippen LogP contribution in [0.5, 0.6) is 0 Å². The molecule has 134 valence electrons. The van der Waals surface area contributed by atoms with Crippen LogP contribution in [-0.4, -0.2) is 35.5 Å². The first-order valence-corrected chi connectivity index (χ1v) is 9.40. The molecule has 0 aliphatic carbocycles. The molecule has 0 amide bonds. The van der Waals surface area contributed by atoms with Gasteiger partial charge in [0.2, 0.25) is 0 Å². The van der Waals surface area contributed by atoms with Crippen LogP contribution in [0.2, 0.25) is 0 Å². The minimum Gasteiger partial charge on any atom is -0.349 e. The number of ether oxygens (including phenoxy) is 1. The predicted molar refractivity (Wildman–Crippen MR) is 83.9 cm³/mol. The third-order valence-electron chi connectivity index (χ3n) is 4.22. The van der Waals surface area contributed by atoms with Gasteiger partial charge in [-0.1, -0.05) is 13.3 Å². The van der Waals surface area contributed by atoms with Crippen molar-refractivity contribution in [1.82, 2.24) is 9.55 Å². The Morgan fingerprint density at radius 3 is 2.92 bits per heavy atom. The standard InChI is InChI=1S/C14H21N2O7P/c1-3-4-5-9-7-16(14(18)15-13(9)17)12-6-10-11(22-12)8-21-24(19,20-2)23-10/h7,10-12H,3-6,8H2,1-2H3,(H,15,17,18)/t10-,11+,12+,24+/m0/s1. The van der Waals surface area contributed by atoms with Crippen LogP contribution in [0.15, 0.2) is 15.8 Å². The van der Waals surface area contributed by atoms with Gasteiger partial charge in [0.25, 0.3) is 5.56 Å². The number of fused-ring (bicyclic) bond motifs is 1. The Morgan fingerprint density at radius 2 is 2.21 bits per heavy atom. The van der Waals surface area contributed by atoms with Crippen molar-refractivity contribution >= 4 is 7.82 Å². The highest BCUT2D eigenvalue weighted by atomic mass is 31.2. The molecular formula is C14H21N2O7P. The first kappa shape index (κ1) is 17.6. The van der Waals surface area contributed by atoms with Gasteiger partial charge in [0, 0.05) is 25.3 Å². The molecule has 0 bridgehead atoms. The topological polar surface area (TPSA) is 109 Å². The average Bonchev–Trinajstić information content (AvgIpc) is 2.96. The molecular weight excluding hydrogens is 339 g/mol. The first-order chi connectivity index (χ1) is 11.5. The lowest BCUT2D eigenvalue weighted by Crippen LogP contribution is -2.34. The molecule has 0 radical (unpaired) electrons. The quantitative estimate of drug-likeness (QED) is 0.789. The Balaban J connectivity index is 1.82. The van der Waals surface area contributed by atoms with Crippen LogP contribution in [0.1, 0.15) is 38.0 Å². The van der Waals surface area contributed by atoms with Gasteiger partial charge < -0.3 is 4.74 Å². The third kappa shape index (κ3) is 3.41. The van der Waals surface area contributed by atoms with E-state index in [-0.39, 0.29) is 12.2 Å². The smallest absolute Gasteiger partial charge is 0.349 e. The number of hydrogen-bond acceptors (Lipinski definition) is 7.